The Balaban J connectivity index is 2.53. The Hall–Kier alpha value is -2.86. The first-order valence-electron chi connectivity index (χ1n) is 12.2. The van der Waals surface area contributed by atoms with Gasteiger partial charge in [0.25, 0.3) is 0 Å². The quantitative estimate of drug-likeness (QED) is 0.176. The van der Waals surface area contributed by atoms with Crippen molar-refractivity contribution in [3.63, 3.8) is 0 Å². The zero-order chi connectivity index (χ0) is 26.5. The van der Waals surface area contributed by atoms with E-state index in [1.165, 1.54) is 30.4 Å². The van der Waals surface area contributed by atoms with Crippen LogP contribution in [0.3, 0.4) is 0 Å². The molecule has 35 heavy (non-hydrogen) atoms. The highest BCUT2D eigenvalue weighted by atomic mass is 16.5. The lowest BCUT2D eigenvalue weighted by Gasteiger charge is -2.13. The molecule has 0 aliphatic heterocycles. The molecule has 0 heterocycles. The van der Waals surface area contributed by atoms with Gasteiger partial charge in [0.2, 0.25) is 0 Å². The molecule has 0 saturated carbocycles. The largest absolute Gasteiger partial charge is 0.508 e. The number of carbonyl (C=O) groups is 2. The van der Waals surface area contributed by atoms with Crippen molar-refractivity contribution < 1.29 is 29.6 Å². The first-order valence-corrected chi connectivity index (χ1v) is 12.2. The van der Waals surface area contributed by atoms with Crippen molar-refractivity contribution in [3.8, 4) is 11.5 Å². The number of aromatic hydroxyl groups is 2. The van der Waals surface area contributed by atoms with Crippen LogP contribution in [-0.4, -0.2) is 40.3 Å². The number of ketones is 1. The van der Waals surface area contributed by atoms with Crippen molar-refractivity contribution in [2.45, 2.75) is 85.7 Å². The van der Waals surface area contributed by atoms with Crippen LogP contribution < -0.4 is 0 Å². The molecule has 0 saturated heterocycles. The molecule has 3 N–H and O–H groups in total. The van der Waals surface area contributed by atoms with E-state index in [0.717, 1.165) is 37.7 Å². The minimum absolute atomic E-state index is 0.00350. The first kappa shape index (κ1) is 30.2. The summed E-state index contributed by atoms with van der Waals surface area (Å²) in [5.41, 5.74) is 4.29. The number of methoxy groups -OCH3 is 1. The minimum atomic E-state index is -1.01. The Morgan fingerprint density at radius 1 is 1.00 bits per heavy atom. The van der Waals surface area contributed by atoms with E-state index in [1.54, 1.807) is 6.08 Å². The fraction of sp³-hybridized carbons (Fsp3) is 0.517. The SMILES string of the molecule is COC(=O)Cc1cc(O)cc(C/C=C(\C)CC/C=C(\C)CCCC(C)C(=O)[C@@H](O)C=C(C)C)c1O. The second-order valence-electron chi connectivity index (χ2n) is 9.59. The van der Waals surface area contributed by atoms with Crippen molar-refractivity contribution in [3.05, 3.63) is 58.2 Å². The summed E-state index contributed by atoms with van der Waals surface area (Å²) in [6.45, 7) is 9.74. The summed E-state index contributed by atoms with van der Waals surface area (Å²) >= 11 is 0. The van der Waals surface area contributed by atoms with E-state index in [4.69, 9.17) is 0 Å². The maximum Gasteiger partial charge on any atom is 0.310 e. The standard InChI is InChI=1S/C29H42O6/c1-19(2)15-26(31)28(33)22(5)12-8-11-20(3)9-7-10-21(4)13-14-23-16-25(30)17-24(29(23)34)18-27(32)35-6/h9,13,15-17,22,26,30-31,34H,7-8,10-12,14,18H2,1-6H3/b20-9+,21-13+/t22?,26-/m0/s1. The van der Waals surface area contributed by atoms with Gasteiger partial charge in [-0.1, -0.05) is 41.9 Å². The predicted octanol–water partition coefficient (Wildman–Crippen LogP) is 5.73. The van der Waals surface area contributed by atoms with E-state index in [9.17, 15) is 24.9 Å². The predicted molar refractivity (Wildman–Crippen MR) is 139 cm³/mol. The number of allylic oxidation sites excluding steroid dienone is 5. The molecule has 6 heteroatoms. The molecule has 0 fully saturated rings. The van der Waals surface area contributed by atoms with Gasteiger partial charge in [0.1, 0.15) is 17.6 Å². The Morgan fingerprint density at radius 2 is 1.63 bits per heavy atom. The third-order valence-electron chi connectivity index (χ3n) is 5.99. The van der Waals surface area contributed by atoms with E-state index in [2.05, 4.69) is 17.7 Å². The number of benzene rings is 1. The number of esters is 1. The normalized spacial score (nSPS) is 13.8. The zero-order valence-electron chi connectivity index (χ0n) is 22.1. The molecule has 0 aliphatic rings. The molecule has 0 spiro atoms. The van der Waals surface area contributed by atoms with Crippen LogP contribution in [0.5, 0.6) is 11.5 Å². The lowest BCUT2D eigenvalue weighted by Crippen LogP contribution is -2.25. The maximum absolute atomic E-state index is 12.2. The fourth-order valence-electron chi connectivity index (χ4n) is 3.81. The number of hydrogen-bond acceptors (Lipinski definition) is 6. The highest BCUT2D eigenvalue weighted by Crippen LogP contribution is 2.29. The van der Waals surface area contributed by atoms with Crippen molar-refractivity contribution in [1.82, 2.24) is 0 Å². The summed E-state index contributed by atoms with van der Waals surface area (Å²) in [4.78, 5) is 23.7. The van der Waals surface area contributed by atoms with Crippen LogP contribution in [0.4, 0.5) is 0 Å². The number of ether oxygens (including phenoxy) is 1. The maximum atomic E-state index is 12.2. The van der Waals surface area contributed by atoms with Gasteiger partial charge in [-0.2, -0.15) is 0 Å². The van der Waals surface area contributed by atoms with Gasteiger partial charge in [0.15, 0.2) is 5.78 Å². The van der Waals surface area contributed by atoms with Gasteiger partial charge in [-0.25, -0.2) is 0 Å². The van der Waals surface area contributed by atoms with Gasteiger partial charge in [-0.3, -0.25) is 9.59 Å². The molecule has 0 amide bonds. The number of Topliss-reactive ketones (excluding diaryl/α,β-unsaturated/α-hetero) is 1. The Kier molecular flexibility index (Phi) is 13.1. The van der Waals surface area contributed by atoms with E-state index in [-0.39, 0.29) is 29.6 Å². The Bertz CT molecular complexity index is 950. The number of phenols is 2. The molecule has 0 aromatic heterocycles. The zero-order valence-corrected chi connectivity index (χ0v) is 22.1. The summed E-state index contributed by atoms with van der Waals surface area (Å²) in [5.74, 6) is -0.754. The molecule has 1 aromatic carbocycles. The second-order valence-corrected chi connectivity index (χ2v) is 9.59. The van der Waals surface area contributed by atoms with Crippen LogP contribution in [0.1, 0.15) is 77.8 Å². The number of hydrogen-bond donors (Lipinski definition) is 3. The third kappa shape index (κ3) is 11.4. The molecule has 1 rings (SSSR count). The smallest absolute Gasteiger partial charge is 0.310 e. The number of carbonyl (C=O) groups excluding carboxylic acids is 2. The van der Waals surface area contributed by atoms with E-state index >= 15 is 0 Å². The van der Waals surface area contributed by atoms with Crippen LogP contribution in [0.2, 0.25) is 0 Å². The summed E-state index contributed by atoms with van der Waals surface area (Å²) in [6.07, 6.45) is 9.50. The number of rotatable bonds is 14. The Labute approximate surface area is 210 Å². The van der Waals surface area contributed by atoms with Crippen LogP contribution in [0.15, 0.2) is 47.1 Å². The van der Waals surface area contributed by atoms with Crippen molar-refractivity contribution in [2.75, 3.05) is 7.11 Å². The molecule has 1 aromatic rings. The molecule has 1 unspecified atom stereocenters. The first-order chi connectivity index (χ1) is 16.4. The topological polar surface area (TPSA) is 104 Å². The Morgan fingerprint density at radius 3 is 2.26 bits per heavy atom. The average Bonchev–Trinajstić information content (AvgIpc) is 2.78. The van der Waals surface area contributed by atoms with E-state index in [0.29, 0.717) is 17.5 Å². The summed E-state index contributed by atoms with van der Waals surface area (Å²) in [7, 11) is 1.28. The van der Waals surface area contributed by atoms with Crippen molar-refractivity contribution in [1.29, 1.82) is 0 Å². The van der Waals surface area contributed by atoms with Gasteiger partial charge >= 0.3 is 5.97 Å². The molecule has 0 bridgehead atoms. The fourth-order valence-corrected chi connectivity index (χ4v) is 3.81. The van der Waals surface area contributed by atoms with E-state index < -0.39 is 12.1 Å². The lowest BCUT2D eigenvalue weighted by atomic mass is 9.94. The number of aliphatic hydroxyl groups excluding tert-OH is 1. The number of phenolic OH excluding ortho intramolecular Hbond substituents is 2. The van der Waals surface area contributed by atoms with Crippen molar-refractivity contribution in [2.24, 2.45) is 5.92 Å². The van der Waals surface area contributed by atoms with Gasteiger partial charge in [-0.05, 0) is 78.4 Å². The molecular formula is C29H42O6. The van der Waals surface area contributed by atoms with Crippen LogP contribution in [-0.2, 0) is 27.2 Å². The monoisotopic (exact) mass is 486 g/mol. The highest BCUT2D eigenvalue weighted by Gasteiger charge is 2.19. The van der Waals surface area contributed by atoms with Gasteiger partial charge in [-0.15, -0.1) is 0 Å². The van der Waals surface area contributed by atoms with Crippen LogP contribution in [0, 0.1) is 5.92 Å². The molecule has 0 radical (unpaired) electrons. The van der Waals surface area contributed by atoms with Gasteiger partial charge in [0.05, 0.1) is 13.5 Å². The van der Waals surface area contributed by atoms with E-state index in [1.807, 2.05) is 33.8 Å². The lowest BCUT2D eigenvalue weighted by molar-refractivity contribution is -0.139. The second kappa shape index (κ2) is 15.2. The van der Waals surface area contributed by atoms with Gasteiger partial charge in [0, 0.05) is 17.0 Å². The average molecular weight is 487 g/mol. The van der Waals surface area contributed by atoms with Gasteiger partial charge < -0.3 is 20.1 Å². The third-order valence-corrected chi connectivity index (χ3v) is 5.99. The van der Waals surface area contributed by atoms with Crippen LogP contribution >= 0.6 is 0 Å². The summed E-state index contributed by atoms with van der Waals surface area (Å²) < 4.78 is 4.64. The molecule has 194 valence electrons. The minimum Gasteiger partial charge on any atom is -0.508 e. The van der Waals surface area contributed by atoms with Crippen molar-refractivity contribution >= 4 is 11.8 Å². The molecule has 2 atom stereocenters. The molecular weight excluding hydrogens is 444 g/mol. The van der Waals surface area contributed by atoms with Crippen LogP contribution in [0.25, 0.3) is 0 Å². The molecule has 6 nitrogen and oxygen atoms in total. The summed E-state index contributed by atoms with van der Waals surface area (Å²) in [5, 5.41) is 30.3. The number of aliphatic hydroxyl groups is 1. The summed E-state index contributed by atoms with van der Waals surface area (Å²) in [6, 6.07) is 2.89. The highest BCUT2D eigenvalue weighted by molar-refractivity contribution is 5.86. The molecule has 0 aliphatic carbocycles.